The van der Waals surface area contributed by atoms with Crippen LogP contribution in [-0.4, -0.2) is 6.08 Å². The van der Waals surface area contributed by atoms with Crippen molar-refractivity contribution in [3.8, 4) is 11.5 Å². The van der Waals surface area contributed by atoms with Gasteiger partial charge in [-0.2, -0.15) is 0 Å². The van der Waals surface area contributed by atoms with Crippen molar-refractivity contribution in [2.45, 2.75) is 0 Å². The van der Waals surface area contributed by atoms with Gasteiger partial charge in [-0.05, 0) is 24.3 Å². The maximum Gasteiger partial charge on any atom is 0.425 e. The highest BCUT2D eigenvalue weighted by Crippen LogP contribution is 2.49. The lowest BCUT2D eigenvalue weighted by Crippen LogP contribution is -1.98. The van der Waals surface area contributed by atoms with Crippen molar-refractivity contribution in [3.05, 3.63) is 60.7 Å². The molecule has 96 valence electrons. The molecular formula is C13H10NO3PS. The quantitative estimate of drug-likeness (QED) is 0.479. The van der Waals surface area contributed by atoms with Crippen molar-refractivity contribution in [3.63, 3.8) is 0 Å². The molecule has 0 fully saturated rings. The Labute approximate surface area is 115 Å². The second-order valence-corrected chi connectivity index (χ2v) is 6.36. The summed E-state index contributed by atoms with van der Waals surface area (Å²) in [6.07, 6.45) is 1.42. The van der Waals surface area contributed by atoms with Gasteiger partial charge in [-0.3, -0.25) is 0 Å². The van der Waals surface area contributed by atoms with Crippen molar-refractivity contribution >= 4 is 24.5 Å². The number of benzene rings is 2. The van der Waals surface area contributed by atoms with Gasteiger partial charge in [0, 0.05) is 11.8 Å². The van der Waals surface area contributed by atoms with E-state index in [2.05, 4.69) is 4.76 Å². The van der Waals surface area contributed by atoms with Crippen LogP contribution in [0.4, 0.5) is 0 Å². The monoisotopic (exact) mass is 291 g/mol. The van der Waals surface area contributed by atoms with E-state index in [1.165, 1.54) is 6.08 Å². The van der Waals surface area contributed by atoms with Crippen molar-refractivity contribution in [2.75, 3.05) is 0 Å². The molecule has 4 nitrogen and oxygen atoms in total. The maximum atomic E-state index is 10.5. The molecule has 2 rings (SSSR count). The molecule has 0 atom stereocenters. The average molecular weight is 291 g/mol. The molecule has 19 heavy (non-hydrogen) atoms. The first-order valence-electron chi connectivity index (χ1n) is 5.41. The summed E-state index contributed by atoms with van der Waals surface area (Å²) >= 11 is 5.20. The van der Waals surface area contributed by atoms with E-state index in [1.807, 2.05) is 12.1 Å². The van der Waals surface area contributed by atoms with Gasteiger partial charge in [-0.25, -0.2) is 4.79 Å². The van der Waals surface area contributed by atoms with Crippen molar-refractivity contribution in [1.29, 1.82) is 0 Å². The third-order valence-corrected chi connectivity index (χ3v) is 3.99. The highest BCUT2D eigenvalue weighted by Gasteiger charge is 2.22. The fourth-order valence-electron chi connectivity index (χ4n) is 1.34. The van der Waals surface area contributed by atoms with Crippen LogP contribution >= 0.6 is 6.64 Å². The van der Waals surface area contributed by atoms with Crippen LogP contribution in [0.5, 0.6) is 11.5 Å². The van der Waals surface area contributed by atoms with Crippen LogP contribution in [0.1, 0.15) is 0 Å². The SMILES string of the molecule is O=C=NP(=S)(Oc1ccccc1)Oc1ccccc1. The van der Waals surface area contributed by atoms with E-state index in [0.717, 1.165) is 0 Å². The summed E-state index contributed by atoms with van der Waals surface area (Å²) in [7, 11) is 0. The minimum absolute atomic E-state index is 0.501. The Hall–Kier alpha value is -1.93. The predicted octanol–water partition coefficient (Wildman–Crippen LogP) is 3.70. The first-order chi connectivity index (χ1) is 9.22. The minimum Gasteiger partial charge on any atom is -0.419 e. The van der Waals surface area contributed by atoms with Crippen LogP contribution in [0, 0.1) is 0 Å². The molecule has 0 saturated carbocycles. The van der Waals surface area contributed by atoms with E-state index in [9.17, 15) is 4.79 Å². The average Bonchev–Trinajstić information content (AvgIpc) is 2.41. The third-order valence-electron chi connectivity index (χ3n) is 2.09. The van der Waals surface area contributed by atoms with Crippen LogP contribution in [0.25, 0.3) is 0 Å². The van der Waals surface area contributed by atoms with Gasteiger partial charge in [0.1, 0.15) is 11.5 Å². The Morgan fingerprint density at radius 1 is 0.895 bits per heavy atom. The third kappa shape index (κ3) is 4.04. The Morgan fingerprint density at radius 2 is 1.32 bits per heavy atom. The van der Waals surface area contributed by atoms with E-state index in [-0.39, 0.29) is 0 Å². The summed E-state index contributed by atoms with van der Waals surface area (Å²) < 4.78 is 14.6. The molecule has 0 heterocycles. The van der Waals surface area contributed by atoms with Gasteiger partial charge >= 0.3 is 6.64 Å². The molecular weight excluding hydrogens is 281 g/mol. The molecule has 0 amide bonds. The van der Waals surface area contributed by atoms with Gasteiger partial charge < -0.3 is 9.05 Å². The zero-order valence-electron chi connectivity index (χ0n) is 9.80. The second kappa shape index (κ2) is 6.30. The second-order valence-electron chi connectivity index (χ2n) is 3.47. The topological polar surface area (TPSA) is 47.9 Å². The maximum absolute atomic E-state index is 10.5. The summed E-state index contributed by atoms with van der Waals surface area (Å²) in [6, 6.07) is 17.7. The van der Waals surface area contributed by atoms with E-state index >= 15 is 0 Å². The lowest BCUT2D eigenvalue weighted by Gasteiger charge is -2.17. The molecule has 0 spiro atoms. The molecule has 0 radical (unpaired) electrons. The van der Waals surface area contributed by atoms with Gasteiger partial charge in [-0.15, -0.1) is 0 Å². The summed E-state index contributed by atoms with van der Waals surface area (Å²) in [5, 5.41) is 0. The molecule has 0 unspecified atom stereocenters. The first kappa shape index (κ1) is 13.5. The van der Waals surface area contributed by atoms with E-state index in [4.69, 9.17) is 20.9 Å². The zero-order valence-corrected chi connectivity index (χ0v) is 11.5. The summed E-state index contributed by atoms with van der Waals surface area (Å²) in [5.41, 5.74) is 0. The number of nitrogens with zero attached hydrogens (tertiary/aromatic N) is 1. The lowest BCUT2D eigenvalue weighted by molar-refractivity contribution is 0.486. The summed E-state index contributed by atoms with van der Waals surface area (Å²) in [6.45, 7) is -3.13. The van der Waals surface area contributed by atoms with Crippen LogP contribution in [-0.2, 0) is 16.6 Å². The molecule has 0 bridgehead atoms. The predicted molar refractivity (Wildman–Crippen MR) is 76.5 cm³/mol. The Balaban J connectivity index is 2.23. The number of carbonyl (C=O) groups excluding carboxylic acids is 1. The number of hydrogen-bond donors (Lipinski definition) is 0. The Morgan fingerprint density at radius 3 is 1.68 bits per heavy atom. The molecule has 2 aromatic rings. The molecule has 0 N–H and O–H groups in total. The fourth-order valence-corrected chi connectivity index (χ4v) is 2.95. The highest BCUT2D eigenvalue weighted by molar-refractivity contribution is 8.09. The molecule has 0 saturated heterocycles. The fraction of sp³-hybridized carbons (Fsp3) is 0. The number of para-hydroxylation sites is 2. The van der Waals surface area contributed by atoms with Crippen molar-refractivity contribution in [1.82, 2.24) is 0 Å². The van der Waals surface area contributed by atoms with Gasteiger partial charge in [-0.1, -0.05) is 41.2 Å². The van der Waals surface area contributed by atoms with Gasteiger partial charge in [0.2, 0.25) is 6.08 Å². The smallest absolute Gasteiger partial charge is 0.419 e. The van der Waals surface area contributed by atoms with E-state index in [0.29, 0.717) is 11.5 Å². The number of isocyanates is 1. The Kier molecular flexibility index (Phi) is 4.48. The lowest BCUT2D eigenvalue weighted by atomic mass is 10.3. The number of hydrogen-bond acceptors (Lipinski definition) is 4. The van der Waals surface area contributed by atoms with E-state index < -0.39 is 6.64 Å². The van der Waals surface area contributed by atoms with Crippen LogP contribution in [0.3, 0.4) is 0 Å². The molecule has 6 heteroatoms. The number of rotatable bonds is 5. The molecule has 0 aliphatic rings. The van der Waals surface area contributed by atoms with Gasteiger partial charge in [0.15, 0.2) is 0 Å². The minimum atomic E-state index is -3.13. The van der Waals surface area contributed by atoms with Crippen molar-refractivity contribution < 1.29 is 13.8 Å². The van der Waals surface area contributed by atoms with Crippen molar-refractivity contribution in [2.24, 2.45) is 4.76 Å². The normalized spacial score (nSPS) is 10.3. The van der Waals surface area contributed by atoms with Crippen LogP contribution in [0.15, 0.2) is 65.4 Å². The summed E-state index contributed by atoms with van der Waals surface area (Å²) in [5.74, 6) is 1.00. The first-order valence-corrected chi connectivity index (χ1v) is 8.00. The Bertz CT molecular complexity index is 581. The highest BCUT2D eigenvalue weighted by atomic mass is 32.5. The molecule has 0 aliphatic carbocycles. The van der Waals surface area contributed by atoms with E-state index in [1.54, 1.807) is 48.5 Å². The van der Waals surface area contributed by atoms with Crippen LogP contribution in [0.2, 0.25) is 0 Å². The van der Waals surface area contributed by atoms with Gasteiger partial charge in [0.25, 0.3) is 0 Å². The standard InChI is InChI=1S/C13H10NO3PS/c15-11-14-18(19,16-12-7-3-1-4-8-12)17-13-9-5-2-6-10-13/h1-10H. The molecule has 2 aromatic carbocycles. The zero-order chi connectivity index (χ0) is 13.6. The summed E-state index contributed by atoms with van der Waals surface area (Å²) in [4.78, 5) is 10.5. The van der Waals surface area contributed by atoms with Crippen LogP contribution < -0.4 is 9.05 Å². The molecule has 0 aromatic heterocycles. The van der Waals surface area contributed by atoms with Gasteiger partial charge in [0.05, 0.1) is 0 Å². The molecule has 0 aliphatic heterocycles. The largest absolute Gasteiger partial charge is 0.425 e.